The Bertz CT molecular complexity index is 753. The summed E-state index contributed by atoms with van der Waals surface area (Å²) in [5.41, 5.74) is -0.634. The van der Waals surface area contributed by atoms with Crippen molar-refractivity contribution >= 4 is 17.3 Å². The molecule has 0 radical (unpaired) electrons. The van der Waals surface area contributed by atoms with Gasteiger partial charge in [-0.3, -0.25) is 19.7 Å². The second-order valence-electron chi connectivity index (χ2n) is 6.38. The summed E-state index contributed by atoms with van der Waals surface area (Å²) in [5.74, 6) is -1.57. The first kappa shape index (κ1) is 20.6. The van der Waals surface area contributed by atoms with E-state index in [2.05, 4.69) is 0 Å². The van der Waals surface area contributed by atoms with Gasteiger partial charge >= 0.3 is 0 Å². The average molecular weight is 375 g/mol. The highest BCUT2D eigenvalue weighted by Crippen LogP contribution is 2.33. The lowest BCUT2D eigenvalue weighted by atomic mass is 9.90. The van der Waals surface area contributed by atoms with Crippen molar-refractivity contribution in [1.29, 1.82) is 0 Å². The van der Waals surface area contributed by atoms with Crippen LogP contribution < -0.4 is 0 Å². The first-order chi connectivity index (χ1) is 13.0. The number of unbranched alkanes of at least 4 members (excludes halogenated alkanes) is 4. The van der Waals surface area contributed by atoms with Crippen LogP contribution in [-0.2, 0) is 9.47 Å². The van der Waals surface area contributed by atoms with Crippen LogP contribution in [0, 0.1) is 10.1 Å². The van der Waals surface area contributed by atoms with Crippen LogP contribution in [-0.4, -0.2) is 29.7 Å². The molecule has 0 saturated carbocycles. The Morgan fingerprint density at radius 2 is 1.44 bits per heavy atom. The number of ketones is 2. The molecule has 0 aromatic heterocycles. The van der Waals surface area contributed by atoms with Gasteiger partial charge in [0.05, 0.1) is 18.1 Å². The van der Waals surface area contributed by atoms with Gasteiger partial charge in [-0.2, -0.15) is 0 Å². The summed E-state index contributed by atoms with van der Waals surface area (Å²) in [7, 11) is 0. The number of allylic oxidation sites excluding steroid dienone is 2. The topological polar surface area (TPSA) is 95.7 Å². The van der Waals surface area contributed by atoms with Crippen molar-refractivity contribution in [3.8, 4) is 0 Å². The number of ether oxygens (including phenoxy) is 2. The van der Waals surface area contributed by atoms with Crippen molar-refractivity contribution < 1.29 is 24.0 Å². The first-order valence-electron chi connectivity index (χ1n) is 9.39. The summed E-state index contributed by atoms with van der Waals surface area (Å²) >= 11 is 0. The van der Waals surface area contributed by atoms with E-state index in [1.807, 2.05) is 13.8 Å². The third kappa shape index (κ3) is 4.72. The molecule has 1 aromatic rings. The van der Waals surface area contributed by atoms with Crippen molar-refractivity contribution in [3.63, 3.8) is 0 Å². The molecule has 0 fully saturated rings. The molecule has 0 bridgehead atoms. The Morgan fingerprint density at radius 1 is 0.889 bits per heavy atom. The fourth-order valence-corrected chi connectivity index (χ4v) is 2.88. The minimum atomic E-state index is -0.668. The third-order valence-corrected chi connectivity index (χ3v) is 4.32. The number of carbonyl (C=O) groups is 2. The molecule has 1 aromatic carbocycles. The molecule has 0 N–H and O–H groups in total. The van der Waals surface area contributed by atoms with E-state index in [-0.39, 0.29) is 35.9 Å². The zero-order valence-electron chi connectivity index (χ0n) is 15.8. The largest absolute Gasteiger partial charge is 0.486 e. The van der Waals surface area contributed by atoms with Crippen LogP contribution >= 0.6 is 0 Å². The Hall–Kier alpha value is -2.70. The van der Waals surface area contributed by atoms with E-state index in [9.17, 15) is 19.7 Å². The smallest absolute Gasteiger partial charge is 0.281 e. The highest BCUT2D eigenvalue weighted by molar-refractivity contribution is 6.26. The van der Waals surface area contributed by atoms with Gasteiger partial charge in [0.1, 0.15) is 5.56 Å². The SMILES string of the molecule is CCCCCOC1=C(OCCCCC)C(=O)c2c(cccc2[N+](=O)[O-])C1=O. The van der Waals surface area contributed by atoms with Crippen LogP contribution in [0.5, 0.6) is 0 Å². The van der Waals surface area contributed by atoms with E-state index in [4.69, 9.17) is 9.47 Å². The number of carbonyl (C=O) groups excluding carboxylic acids is 2. The van der Waals surface area contributed by atoms with Gasteiger partial charge in [-0.05, 0) is 18.9 Å². The van der Waals surface area contributed by atoms with E-state index in [1.165, 1.54) is 18.2 Å². The number of rotatable bonds is 11. The molecular formula is C20H25NO6. The van der Waals surface area contributed by atoms with E-state index < -0.39 is 22.2 Å². The fourth-order valence-electron chi connectivity index (χ4n) is 2.88. The highest BCUT2D eigenvalue weighted by atomic mass is 16.6. The number of hydrogen-bond acceptors (Lipinski definition) is 6. The summed E-state index contributed by atoms with van der Waals surface area (Å²) in [6, 6.07) is 4.02. The van der Waals surface area contributed by atoms with Crippen molar-refractivity contribution in [2.75, 3.05) is 13.2 Å². The summed E-state index contributed by atoms with van der Waals surface area (Å²) in [5, 5.41) is 11.3. The van der Waals surface area contributed by atoms with Crippen LogP contribution in [0.2, 0.25) is 0 Å². The van der Waals surface area contributed by atoms with Crippen molar-refractivity contribution in [2.24, 2.45) is 0 Å². The Morgan fingerprint density at radius 3 is 1.96 bits per heavy atom. The molecule has 0 heterocycles. The molecule has 2 rings (SSSR count). The number of hydrogen-bond donors (Lipinski definition) is 0. The summed E-state index contributed by atoms with van der Waals surface area (Å²) in [4.78, 5) is 36.4. The number of nitrogens with zero attached hydrogens (tertiary/aromatic N) is 1. The van der Waals surface area contributed by atoms with Crippen LogP contribution in [0.15, 0.2) is 29.7 Å². The average Bonchev–Trinajstić information content (AvgIpc) is 2.66. The maximum Gasteiger partial charge on any atom is 0.281 e. The number of Topliss-reactive ketones (excluding diaryl/α,β-unsaturated/α-hetero) is 2. The lowest BCUT2D eigenvalue weighted by Crippen LogP contribution is -2.26. The number of nitro groups is 1. The van der Waals surface area contributed by atoms with Crippen molar-refractivity contribution in [3.05, 3.63) is 51.0 Å². The predicted octanol–water partition coefficient (Wildman–Crippen LogP) is 4.60. The summed E-state index contributed by atoms with van der Waals surface area (Å²) in [6.07, 6.45) is 5.28. The maximum atomic E-state index is 12.9. The quantitative estimate of drug-likeness (QED) is 0.319. The molecule has 0 unspecified atom stereocenters. The fraction of sp³-hybridized carbons (Fsp3) is 0.500. The van der Waals surface area contributed by atoms with Gasteiger partial charge in [-0.1, -0.05) is 45.6 Å². The molecular weight excluding hydrogens is 350 g/mol. The molecule has 1 aliphatic carbocycles. The van der Waals surface area contributed by atoms with Gasteiger partial charge in [0.2, 0.25) is 23.1 Å². The van der Waals surface area contributed by atoms with Gasteiger partial charge in [0, 0.05) is 11.6 Å². The van der Waals surface area contributed by atoms with Crippen LogP contribution in [0.1, 0.15) is 73.1 Å². The number of fused-ring (bicyclic) bond motifs is 1. The third-order valence-electron chi connectivity index (χ3n) is 4.32. The first-order valence-corrected chi connectivity index (χ1v) is 9.39. The molecule has 7 nitrogen and oxygen atoms in total. The molecule has 0 saturated heterocycles. The number of nitro benzene ring substituents is 1. The molecule has 146 valence electrons. The molecule has 0 amide bonds. The lowest BCUT2D eigenvalue weighted by Gasteiger charge is -2.21. The predicted molar refractivity (Wildman–Crippen MR) is 99.7 cm³/mol. The van der Waals surface area contributed by atoms with Crippen LogP contribution in [0.3, 0.4) is 0 Å². The summed E-state index contributed by atoms with van der Waals surface area (Å²) in [6.45, 7) is 4.62. The van der Waals surface area contributed by atoms with Gasteiger partial charge in [-0.25, -0.2) is 0 Å². The second kappa shape index (κ2) is 9.85. The standard InChI is InChI=1S/C20H25NO6/c1-3-5-7-12-26-19-17(22)14-10-9-11-15(21(24)25)16(14)18(23)20(19)27-13-8-6-4-2/h9-11H,3-8,12-13H2,1-2H3. The second-order valence-corrected chi connectivity index (χ2v) is 6.38. The zero-order valence-corrected chi connectivity index (χ0v) is 15.8. The Balaban J connectivity index is 2.38. The Labute approximate surface area is 158 Å². The molecule has 27 heavy (non-hydrogen) atoms. The minimum absolute atomic E-state index is 0.0133. The van der Waals surface area contributed by atoms with Crippen molar-refractivity contribution in [2.45, 2.75) is 52.4 Å². The van der Waals surface area contributed by atoms with Crippen molar-refractivity contribution in [1.82, 2.24) is 0 Å². The monoisotopic (exact) mass is 375 g/mol. The van der Waals surface area contributed by atoms with E-state index >= 15 is 0 Å². The van der Waals surface area contributed by atoms with Crippen LogP contribution in [0.4, 0.5) is 5.69 Å². The van der Waals surface area contributed by atoms with E-state index in [0.29, 0.717) is 6.42 Å². The summed E-state index contributed by atoms with van der Waals surface area (Å²) < 4.78 is 11.2. The van der Waals surface area contributed by atoms with Gasteiger partial charge < -0.3 is 9.47 Å². The highest BCUT2D eigenvalue weighted by Gasteiger charge is 2.39. The minimum Gasteiger partial charge on any atom is -0.486 e. The normalized spacial score (nSPS) is 13.6. The van der Waals surface area contributed by atoms with Crippen LogP contribution in [0.25, 0.3) is 0 Å². The molecule has 0 aliphatic heterocycles. The molecule has 0 spiro atoms. The maximum absolute atomic E-state index is 12.9. The van der Waals surface area contributed by atoms with E-state index in [1.54, 1.807) is 0 Å². The van der Waals surface area contributed by atoms with E-state index in [0.717, 1.165) is 32.1 Å². The van der Waals surface area contributed by atoms with Gasteiger partial charge in [0.25, 0.3) is 5.69 Å². The molecule has 7 heteroatoms. The zero-order chi connectivity index (χ0) is 19.8. The molecule has 0 atom stereocenters. The number of benzene rings is 1. The lowest BCUT2D eigenvalue weighted by molar-refractivity contribution is -0.385. The Kier molecular flexibility index (Phi) is 7.52. The van der Waals surface area contributed by atoms with Gasteiger partial charge in [0.15, 0.2) is 0 Å². The van der Waals surface area contributed by atoms with Gasteiger partial charge in [-0.15, -0.1) is 0 Å². The molecule has 1 aliphatic rings.